The third kappa shape index (κ3) is 3.50. The van der Waals surface area contributed by atoms with Crippen molar-refractivity contribution in [2.45, 2.75) is 39.3 Å². The number of nitrogens with zero attached hydrogens (tertiary/aromatic N) is 3. The van der Waals surface area contributed by atoms with Crippen molar-refractivity contribution < 1.29 is 9.90 Å². The fourth-order valence-corrected chi connectivity index (χ4v) is 3.47. The first-order chi connectivity index (χ1) is 12.9. The lowest BCUT2D eigenvalue weighted by Gasteiger charge is -2.34. The molecular formula is C20H23N5O2. The number of H-pyrrole nitrogens is 1. The zero-order valence-electron chi connectivity index (χ0n) is 15.4. The Morgan fingerprint density at radius 1 is 1.37 bits per heavy atom. The highest BCUT2D eigenvalue weighted by Gasteiger charge is 2.37. The summed E-state index contributed by atoms with van der Waals surface area (Å²) in [6.07, 6.45) is 4.01. The second-order valence-electron chi connectivity index (χ2n) is 7.78. The van der Waals surface area contributed by atoms with E-state index in [9.17, 15) is 9.90 Å². The first-order valence-corrected chi connectivity index (χ1v) is 9.04. The van der Waals surface area contributed by atoms with Gasteiger partial charge in [-0.1, -0.05) is 44.2 Å². The van der Waals surface area contributed by atoms with Crippen LogP contribution >= 0.6 is 0 Å². The molecule has 3 N–H and O–H groups in total. The largest absolute Gasteiger partial charge is 0.392 e. The van der Waals surface area contributed by atoms with Crippen molar-refractivity contribution in [3.63, 3.8) is 0 Å². The molecule has 7 heteroatoms. The molecule has 1 aromatic carbocycles. The molecule has 0 aliphatic heterocycles. The average Bonchev–Trinajstić information content (AvgIpc) is 3.22. The number of fused-ring (bicyclic) bond motifs is 1. The van der Waals surface area contributed by atoms with Gasteiger partial charge in [0.05, 0.1) is 24.5 Å². The first-order valence-electron chi connectivity index (χ1n) is 9.04. The van der Waals surface area contributed by atoms with Crippen LogP contribution in [0.25, 0.3) is 0 Å². The van der Waals surface area contributed by atoms with Gasteiger partial charge >= 0.3 is 0 Å². The molecule has 0 radical (unpaired) electrons. The Kier molecular flexibility index (Phi) is 4.31. The van der Waals surface area contributed by atoms with E-state index in [4.69, 9.17) is 0 Å². The van der Waals surface area contributed by atoms with Gasteiger partial charge < -0.3 is 10.4 Å². The van der Waals surface area contributed by atoms with Gasteiger partial charge in [-0.2, -0.15) is 10.2 Å². The summed E-state index contributed by atoms with van der Waals surface area (Å²) in [5.41, 5.74) is 3.59. The molecule has 27 heavy (non-hydrogen) atoms. The second kappa shape index (κ2) is 6.66. The van der Waals surface area contributed by atoms with Gasteiger partial charge in [0.1, 0.15) is 0 Å². The molecule has 0 saturated carbocycles. The van der Waals surface area contributed by atoms with Crippen molar-refractivity contribution in [1.82, 2.24) is 20.0 Å². The Labute approximate surface area is 157 Å². The molecule has 3 aromatic rings. The highest BCUT2D eigenvalue weighted by molar-refractivity contribution is 6.03. The number of hydrogen-bond donors (Lipinski definition) is 3. The monoisotopic (exact) mass is 365 g/mol. The summed E-state index contributed by atoms with van der Waals surface area (Å²) in [7, 11) is 0. The van der Waals surface area contributed by atoms with E-state index in [-0.39, 0.29) is 11.3 Å². The summed E-state index contributed by atoms with van der Waals surface area (Å²) in [6.45, 7) is 4.67. The predicted octanol–water partition coefficient (Wildman–Crippen LogP) is 2.39. The Morgan fingerprint density at radius 2 is 2.15 bits per heavy atom. The van der Waals surface area contributed by atoms with Gasteiger partial charge in [0.25, 0.3) is 5.91 Å². The number of carbonyl (C=O) groups excluding carboxylic acids is 1. The van der Waals surface area contributed by atoms with Crippen molar-refractivity contribution in [1.29, 1.82) is 0 Å². The number of aliphatic hydroxyl groups is 1. The van der Waals surface area contributed by atoms with Crippen molar-refractivity contribution >= 4 is 11.6 Å². The molecule has 2 heterocycles. The summed E-state index contributed by atoms with van der Waals surface area (Å²) in [4.78, 5) is 12.7. The van der Waals surface area contributed by atoms with Crippen LogP contribution in [0.15, 0.2) is 42.7 Å². The van der Waals surface area contributed by atoms with Crippen LogP contribution in [-0.2, 0) is 19.4 Å². The quantitative estimate of drug-likeness (QED) is 0.661. The maximum atomic E-state index is 12.7. The Bertz CT molecular complexity index is 958. The van der Waals surface area contributed by atoms with Gasteiger partial charge in [-0.3, -0.25) is 14.6 Å². The van der Waals surface area contributed by atoms with Crippen LogP contribution in [0.1, 0.15) is 41.2 Å². The highest BCUT2D eigenvalue weighted by atomic mass is 16.3. The van der Waals surface area contributed by atoms with Gasteiger partial charge in [0.15, 0.2) is 5.69 Å². The van der Waals surface area contributed by atoms with Crippen LogP contribution in [0.3, 0.4) is 0 Å². The van der Waals surface area contributed by atoms with Gasteiger partial charge in [0.2, 0.25) is 0 Å². The fourth-order valence-electron chi connectivity index (χ4n) is 3.47. The smallest absolute Gasteiger partial charge is 0.276 e. The molecule has 140 valence electrons. The number of anilines is 1. The summed E-state index contributed by atoms with van der Waals surface area (Å²) in [5, 5.41) is 24.7. The lowest BCUT2D eigenvalue weighted by atomic mass is 9.74. The maximum absolute atomic E-state index is 12.7. The van der Waals surface area contributed by atoms with Crippen LogP contribution in [-0.4, -0.2) is 37.1 Å². The molecule has 0 spiro atoms. The fraction of sp³-hybridized carbons (Fsp3) is 0.350. The van der Waals surface area contributed by atoms with E-state index in [1.165, 1.54) is 0 Å². The zero-order valence-corrected chi connectivity index (χ0v) is 15.4. The van der Waals surface area contributed by atoms with Crippen molar-refractivity contribution in [3.05, 3.63) is 65.2 Å². The Hall–Kier alpha value is -2.93. The summed E-state index contributed by atoms with van der Waals surface area (Å²) in [5.74, 6) is -0.293. The molecule has 1 unspecified atom stereocenters. The van der Waals surface area contributed by atoms with E-state index in [1.807, 2.05) is 44.2 Å². The third-order valence-electron chi connectivity index (χ3n) is 5.18. The maximum Gasteiger partial charge on any atom is 0.276 e. The molecule has 0 saturated heterocycles. The van der Waals surface area contributed by atoms with Crippen LogP contribution in [0.2, 0.25) is 0 Å². The minimum Gasteiger partial charge on any atom is -0.392 e. The SMILES string of the molecule is CC1(C)Cc2[nH]nc(C(=O)Nc3cnn(Cc4ccccc4)c3)c2CC1O. The van der Waals surface area contributed by atoms with Gasteiger partial charge in [-0.15, -0.1) is 0 Å². The van der Waals surface area contributed by atoms with Crippen LogP contribution in [0.5, 0.6) is 0 Å². The van der Waals surface area contributed by atoms with Crippen LogP contribution < -0.4 is 5.32 Å². The lowest BCUT2D eigenvalue weighted by Crippen LogP contribution is -2.37. The molecule has 7 nitrogen and oxygen atoms in total. The van der Waals surface area contributed by atoms with Crippen molar-refractivity contribution in [2.75, 3.05) is 5.32 Å². The number of aromatic amines is 1. The number of hydrogen-bond acceptors (Lipinski definition) is 4. The molecule has 2 aromatic heterocycles. The molecule has 1 aliphatic carbocycles. The van der Waals surface area contributed by atoms with E-state index in [0.29, 0.717) is 30.8 Å². The normalized spacial score (nSPS) is 18.1. The Morgan fingerprint density at radius 3 is 2.93 bits per heavy atom. The molecule has 0 bridgehead atoms. The number of rotatable bonds is 4. The number of benzene rings is 1. The Balaban J connectivity index is 1.47. The van der Waals surface area contributed by atoms with Crippen molar-refractivity contribution in [3.8, 4) is 0 Å². The topological polar surface area (TPSA) is 95.8 Å². The summed E-state index contributed by atoms with van der Waals surface area (Å²) in [6, 6.07) is 10.0. The number of amides is 1. The zero-order chi connectivity index (χ0) is 19.0. The number of carbonyl (C=O) groups is 1. The van der Waals surface area contributed by atoms with E-state index >= 15 is 0 Å². The molecule has 1 aliphatic rings. The highest BCUT2D eigenvalue weighted by Crippen LogP contribution is 2.35. The second-order valence-corrected chi connectivity index (χ2v) is 7.78. The van der Waals surface area contributed by atoms with E-state index in [2.05, 4.69) is 20.6 Å². The minimum atomic E-state index is -0.497. The average molecular weight is 365 g/mol. The standard InChI is InChI=1S/C20H23N5O2/c1-20(2)9-16-15(8-17(20)26)18(24-23-16)19(27)22-14-10-21-25(12-14)11-13-6-4-3-5-7-13/h3-7,10,12,17,26H,8-9,11H2,1-2H3,(H,22,27)(H,23,24). The first kappa shape index (κ1) is 17.5. The van der Waals surface area contributed by atoms with Crippen LogP contribution in [0.4, 0.5) is 5.69 Å². The summed E-state index contributed by atoms with van der Waals surface area (Å²) < 4.78 is 1.78. The van der Waals surface area contributed by atoms with E-state index < -0.39 is 6.10 Å². The minimum absolute atomic E-state index is 0.230. The predicted molar refractivity (Wildman–Crippen MR) is 102 cm³/mol. The van der Waals surface area contributed by atoms with E-state index in [0.717, 1.165) is 16.8 Å². The van der Waals surface area contributed by atoms with Gasteiger partial charge in [-0.05, 0) is 17.4 Å². The number of nitrogens with one attached hydrogen (secondary N) is 2. The molecule has 4 rings (SSSR count). The number of aliphatic hydroxyl groups excluding tert-OH is 1. The van der Waals surface area contributed by atoms with Crippen LogP contribution in [0, 0.1) is 5.41 Å². The van der Waals surface area contributed by atoms with Crippen molar-refractivity contribution in [2.24, 2.45) is 5.41 Å². The molecular weight excluding hydrogens is 342 g/mol. The molecule has 0 fully saturated rings. The molecule has 1 amide bonds. The lowest BCUT2D eigenvalue weighted by molar-refractivity contribution is 0.0417. The number of aromatic nitrogens is 4. The van der Waals surface area contributed by atoms with E-state index in [1.54, 1.807) is 17.1 Å². The third-order valence-corrected chi connectivity index (χ3v) is 5.18. The van der Waals surface area contributed by atoms with Gasteiger partial charge in [0, 0.05) is 23.9 Å². The molecule has 1 atom stereocenters. The van der Waals surface area contributed by atoms with Gasteiger partial charge in [-0.25, -0.2) is 0 Å². The summed E-state index contributed by atoms with van der Waals surface area (Å²) >= 11 is 0.